The topological polar surface area (TPSA) is 43.6 Å². The molecule has 0 bridgehead atoms. The smallest absolute Gasteiger partial charge is 0.216 e. The van der Waals surface area contributed by atoms with Crippen LogP contribution in [-0.2, 0) is 12.6 Å². The molecule has 7 heteroatoms. The average Bonchev–Trinajstić information content (AvgIpc) is 2.93. The molecule has 0 spiro atoms. The van der Waals surface area contributed by atoms with Gasteiger partial charge in [-0.3, -0.25) is 0 Å². The molecule has 0 radical (unpaired) electrons. The lowest BCUT2D eigenvalue weighted by atomic mass is 10.1. The van der Waals surface area contributed by atoms with Crippen molar-refractivity contribution in [2.45, 2.75) is 26.4 Å². The van der Waals surface area contributed by atoms with E-state index in [0.717, 1.165) is 23.5 Å². The first-order chi connectivity index (χ1) is 11.3. The van der Waals surface area contributed by atoms with E-state index in [1.807, 2.05) is 19.9 Å². The third-order valence-electron chi connectivity index (χ3n) is 3.46. The zero-order valence-corrected chi connectivity index (χ0v) is 13.2. The standard InChI is InChI=1S/C17H15F3N4/c1-11-6-7-24(23-11)16-21-12(2)8-15(22-16)10-13-4-3-5-14(9-13)17(18,19)20/h3-9H,10H2,1-2H3. The normalized spacial score (nSPS) is 11.7. The summed E-state index contributed by atoms with van der Waals surface area (Å²) in [4.78, 5) is 8.74. The highest BCUT2D eigenvalue weighted by Gasteiger charge is 2.30. The van der Waals surface area contributed by atoms with Crippen molar-refractivity contribution < 1.29 is 13.2 Å². The second kappa shape index (κ2) is 6.07. The Morgan fingerprint density at radius 3 is 2.46 bits per heavy atom. The predicted molar refractivity (Wildman–Crippen MR) is 82.9 cm³/mol. The highest BCUT2D eigenvalue weighted by molar-refractivity contribution is 5.30. The summed E-state index contributed by atoms with van der Waals surface area (Å²) in [6, 6.07) is 8.87. The van der Waals surface area contributed by atoms with Gasteiger partial charge in [-0.1, -0.05) is 18.2 Å². The fraction of sp³-hybridized carbons (Fsp3) is 0.235. The molecular formula is C17H15F3N4. The molecule has 0 N–H and O–H groups in total. The SMILES string of the molecule is Cc1cc(Cc2cccc(C(F)(F)F)c2)nc(-n2ccc(C)n2)n1. The minimum Gasteiger partial charge on any atom is -0.216 e. The van der Waals surface area contributed by atoms with Gasteiger partial charge in [-0.2, -0.15) is 18.3 Å². The Morgan fingerprint density at radius 2 is 1.79 bits per heavy atom. The third kappa shape index (κ3) is 3.61. The molecule has 0 saturated heterocycles. The van der Waals surface area contributed by atoms with Crippen molar-refractivity contribution >= 4 is 0 Å². The van der Waals surface area contributed by atoms with Gasteiger partial charge in [0, 0.05) is 18.3 Å². The first-order valence-corrected chi connectivity index (χ1v) is 7.34. The minimum atomic E-state index is -4.35. The summed E-state index contributed by atoms with van der Waals surface area (Å²) in [5, 5.41) is 4.26. The van der Waals surface area contributed by atoms with Gasteiger partial charge in [0.25, 0.3) is 5.95 Å². The first-order valence-electron chi connectivity index (χ1n) is 7.34. The van der Waals surface area contributed by atoms with Gasteiger partial charge in [0.05, 0.1) is 17.0 Å². The van der Waals surface area contributed by atoms with Gasteiger partial charge in [0.1, 0.15) is 0 Å². The van der Waals surface area contributed by atoms with Crippen LogP contribution in [0.3, 0.4) is 0 Å². The van der Waals surface area contributed by atoms with Crippen LogP contribution in [0.5, 0.6) is 0 Å². The maximum absolute atomic E-state index is 12.8. The van der Waals surface area contributed by atoms with E-state index < -0.39 is 11.7 Å². The molecule has 24 heavy (non-hydrogen) atoms. The number of nitrogens with zero attached hydrogens (tertiary/aromatic N) is 4. The van der Waals surface area contributed by atoms with Crippen molar-refractivity contribution in [3.63, 3.8) is 0 Å². The number of aromatic nitrogens is 4. The van der Waals surface area contributed by atoms with Crippen LogP contribution in [-0.4, -0.2) is 19.7 Å². The van der Waals surface area contributed by atoms with E-state index in [4.69, 9.17) is 0 Å². The van der Waals surface area contributed by atoms with Gasteiger partial charge in [0.15, 0.2) is 0 Å². The summed E-state index contributed by atoms with van der Waals surface area (Å²) < 4.78 is 40.0. The first kappa shape index (κ1) is 16.2. The van der Waals surface area contributed by atoms with Crippen LogP contribution in [0.2, 0.25) is 0 Å². The molecule has 2 heterocycles. The highest BCUT2D eigenvalue weighted by atomic mass is 19.4. The largest absolute Gasteiger partial charge is 0.416 e. The van der Waals surface area contributed by atoms with Gasteiger partial charge in [0.2, 0.25) is 0 Å². The molecule has 0 fully saturated rings. The Balaban J connectivity index is 1.92. The number of alkyl halides is 3. The van der Waals surface area contributed by atoms with Crippen molar-refractivity contribution in [3.05, 3.63) is 70.8 Å². The monoisotopic (exact) mass is 332 g/mol. The molecule has 0 amide bonds. The molecule has 0 saturated carbocycles. The zero-order chi connectivity index (χ0) is 17.3. The van der Waals surface area contributed by atoms with Crippen molar-refractivity contribution in [2.24, 2.45) is 0 Å². The molecule has 3 aromatic rings. The molecule has 3 rings (SSSR count). The third-order valence-corrected chi connectivity index (χ3v) is 3.46. The number of hydrogen-bond donors (Lipinski definition) is 0. The van der Waals surface area contributed by atoms with Crippen LogP contribution in [0, 0.1) is 13.8 Å². The fourth-order valence-corrected chi connectivity index (χ4v) is 2.40. The number of hydrogen-bond acceptors (Lipinski definition) is 3. The summed E-state index contributed by atoms with van der Waals surface area (Å²) in [5.41, 5.74) is 2.10. The Hall–Kier alpha value is -2.70. The maximum Gasteiger partial charge on any atom is 0.416 e. The van der Waals surface area contributed by atoms with E-state index in [2.05, 4.69) is 15.1 Å². The highest BCUT2D eigenvalue weighted by Crippen LogP contribution is 2.29. The van der Waals surface area contributed by atoms with Gasteiger partial charge in [-0.15, -0.1) is 0 Å². The van der Waals surface area contributed by atoms with Crippen LogP contribution >= 0.6 is 0 Å². The van der Waals surface area contributed by atoms with Gasteiger partial charge >= 0.3 is 6.18 Å². The average molecular weight is 332 g/mol. The van der Waals surface area contributed by atoms with E-state index in [-0.39, 0.29) is 0 Å². The summed E-state index contributed by atoms with van der Waals surface area (Å²) in [6.07, 6.45) is -2.31. The van der Waals surface area contributed by atoms with Crippen molar-refractivity contribution in [1.82, 2.24) is 19.7 Å². The lowest BCUT2D eigenvalue weighted by Crippen LogP contribution is -2.08. The van der Waals surface area contributed by atoms with Crippen molar-refractivity contribution in [3.8, 4) is 5.95 Å². The Bertz CT molecular complexity index is 868. The molecule has 124 valence electrons. The molecule has 2 aromatic heterocycles. The summed E-state index contributed by atoms with van der Waals surface area (Å²) in [7, 11) is 0. The lowest BCUT2D eigenvalue weighted by molar-refractivity contribution is -0.137. The Kier molecular flexibility index (Phi) is 4.09. The molecule has 1 aromatic carbocycles. The second-order valence-corrected chi connectivity index (χ2v) is 5.58. The molecule has 0 atom stereocenters. The summed E-state index contributed by atoms with van der Waals surface area (Å²) in [5.74, 6) is 0.407. The van der Waals surface area contributed by atoms with E-state index >= 15 is 0 Å². The van der Waals surface area contributed by atoms with Gasteiger partial charge in [-0.05, 0) is 37.6 Å². The Morgan fingerprint density at radius 1 is 1.00 bits per heavy atom. The van der Waals surface area contributed by atoms with Crippen LogP contribution in [0.15, 0.2) is 42.6 Å². The van der Waals surface area contributed by atoms with E-state index in [1.165, 1.54) is 6.07 Å². The zero-order valence-electron chi connectivity index (χ0n) is 13.2. The van der Waals surface area contributed by atoms with Crippen LogP contribution in [0.25, 0.3) is 5.95 Å². The molecule has 4 nitrogen and oxygen atoms in total. The van der Waals surface area contributed by atoms with Crippen LogP contribution in [0.1, 0.15) is 28.2 Å². The van der Waals surface area contributed by atoms with Crippen LogP contribution < -0.4 is 0 Å². The number of benzene rings is 1. The molecule has 0 unspecified atom stereocenters. The maximum atomic E-state index is 12.8. The van der Waals surface area contributed by atoms with E-state index in [9.17, 15) is 13.2 Å². The van der Waals surface area contributed by atoms with Crippen molar-refractivity contribution in [1.29, 1.82) is 0 Å². The summed E-state index contributed by atoms with van der Waals surface area (Å²) >= 11 is 0. The van der Waals surface area contributed by atoms with Crippen molar-refractivity contribution in [2.75, 3.05) is 0 Å². The van der Waals surface area contributed by atoms with E-state index in [1.54, 1.807) is 23.0 Å². The molecule has 0 aliphatic rings. The predicted octanol–water partition coefficient (Wildman–Crippen LogP) is 3.89. The molecule has 0 aliphatic carbocycles. The number of halogens is 3. The number of aryl methyl sites for hydroxylation is 2. The summed E-state index contributed by atoms with van der Waals surface area (Å²) in [6.45, 7) is 3.67. The van der Waals surface area contributed by atoms with Gasteiger partial charge in [-0.25, -0.2) is 14.6 Å². The lowest BCUT2D eigenvalue weighted by Gasteiger charge is -2.09. The minimum absolute atomic E-state index is 0.292. The van der Waals surface area contributed by atoms with Gasteiger partial charge < -0.3 is 0 Å². The van der Waals surface area contributed by atoms with Crippen LogP contribution in [0.4, 0.5) is 13.2 Å². The second-order valence-electron chi connectivity index (χ2n) is 5.58. The molecule has 0 aliphatic heterocycles. The quantitative estimate of drug-likeness (QED) is 0.731. The molecular weight excluding hydrogens is 317 g/mol. The number of rotatable bonds is 3. The Labute approximate surface area is 137 Å². The van der Waals surface area contributed by atoms with E-state index in [0.29, 0.717) is 23.6 Å². The fourth-order valence-electron chi connectivity index (χ4n) is 2.40.